The lowest BCUT2D eigenvalue weighted by atomic mass is 9.62. The monoisotopic (exact) mass is 836 g/mol. The molecule has 0 fully saturated rings. The predicted molar refractivity (Wildman–Crippen MR) is 261 cm³/mol. The second-order valence-corrected chi connectivity index (χ2v) is 27.6. The molecule has 6 aromatic rings. The van der Waals surface area contributed by atoms with Crippen LogP contribution in [0.25, 0.3) is 0 Å². The molecule has 0 bridgehead atoms. The standard InChI is InChI=1S/C56H52N4Si2/c1-54(2,3)61(43-29-17-9-18-30-43,44-31-19-10-20-32-44)38-37-47-51-48(49(41-25-13-7-14-26-41)56(39-57,40-58)53(60-51)42-27-15-8-16-28-42)50(59)52(47)62(55(4,5)6,45-33-21-11-22-34-45)46-35-23-12-24-36-46/h7-36,49,53H,59H2,1-6H3/t49-,53+/m1/s1. The number of rotatable bonds is 7. The molecule has 2 atom stereocenters. The van der Waals surface area contributed by atoms with Crippen LogP contribution in [0.1, 0.15) is 64.6 Å². The number of nitriles is 2. The second kappa shape index (κ2) is 16.3. The van der Waals surface area contributed by atoms with Gasteiger partial charge < -0.3 is 5.73 Å². The van der Waals surface area contributed by atoms with E-state index in [1.807, 2.05) is 60.7 Å². The smallest absolute Gasteiger partial charge is 0.204 e. The van der Waals surface area contributed by atoms with E-state index in [9.17, 15) is 10.5 Å². The minimum absolute atomic E-state index is 0.258. The van der Waals surface area contributed by atoms with E-state index in [0.29, 0.717) is 17.0 Å². The highest BCUT2D eigenvalue weighted by molar-refractivity contribution is 7.11. The minimum atomic E-state index is -3.27. The third-order valence-corrected chi connectivity index (χ3v) is 24.2. The van der Waals surface area contributed by atoms with E-state index < -0.39 is 33.5 Å². The van der Waals surface area contributed by atoms with Crippen molar-refractivity contribution in [1.82, 2.24) is 0 Å². The lowest BCUT2D eigenvalue weighted by Crippen LogP contribution is -2.66. The first kappa shape index (κ1) is 42.0. The zero-order chi connectivity index (χ0) is 43.8. The summed E-state index contributed by atoms with van der Waals surface area (Å²) in [5.41, 5.74) is 14.9. The number of hydrogen-bond acceptors (Lipinski definition) is 4. The van der Waals surface area contributed by atoms with Crippen LogP contribution in [0.4, 0.5) is 0 Å². The molecule has 304 valence electrons. The van der Waals surface area contributed by atoms with Gasteiger partial charge in [-0.1, -0.05) is 229 Å². The van der Waals surface area contributed by atoms with E-state index in [2.05, 4.69) is 186 Å². The van der Waals surface area contributed by atoms with Gasteiger partial charge in [0.05, 0.1) is 23.4 Å². The van der Waals surface area contributed by atoms with Crippen molar-refractivity contribution in [3.63, 3.8) is 0 Å². The molecule has 0 amide bonds. The molecule has 0 radical (unpaired) electrons. The van der Waals surface area contributed by atoms with Gasteiger partial charge in [0, 0.05) is 17.2 Å². The molecule has 2 aliphatic rings. The summed E-state index contributed by atoms with van der Waals surface area (Å²) in [6, 6.07) is 67.4. The fraction of sp³-hybridized carbons (Fsp3) is 0.196. The summed E-state index contributed by atoms with van der Waals surface area (Å²) >= 11 is 0. The van der Waals surface area contributed by atoms with Crippen LogP contribution in [-0.4, -0.2) is 21.9 Å². The van der Waals surface area contributed by atoms with Gasteiger partial charge in [-0.3, -0.25) is 4.99 Å². The molecule has 0 saturated heterocycles. The average Bonchev–Trinajstić information content (AvgIpc) is 3.57. The molecule has 0 unspecified atom stereocenters. The molecule has 6 aromatic carbocycles. The van der Waals surface area contributed by atoms with Crippen LogP contribution < -0.4 is 26.5 Å². The van der Waals surface area contributed by atoms with Crippen molar-refractivity contribution in [2.24, 2.45) is 16.1 Å². The topological polar surface area (TPSA) is 86.0 Å². The van der Waals surface area contributed by atoms with Gasteiger partial charge >= 0.3 is 0 Å². The van der Waals surface area contributed by atoms with Gasteiger partial charge in [-0.05, 0) is 47.1 Å². The molecule has 2 N–H and O–H groups in total. The predicted octanol–water partition coefficient (Wildman–Crippen LogP) is 9.73. The van der Waals surface area contributed by atoms with Crippen molar-refractivity contribution in [2.75, 3.05) is 0 Å². The Kier molecular flexibility index (Phi) is 11.0. The summed E-state index contributed by atoms with van der Waals surface area (Å²) in [7, 11) is -6.26. The van der Waals surface area contributed by atoms with Crippen molar-refractivity contribution in [2.45, 2.75) is 63.6 Å². The fourth-order valence-corrected chi connectivity index (χ4v) is 20.8. The van der Waals surface area contributed by atoms with Gasteiger partial charge in [0.2, 0.25) is 8.07 Å². The average molecular weight is 837 g/mol. The molecule has 0 spiro atoms. The van der Waals surface area contributed by atoms with E-state index in [-0.39, 0.29) is 10.1 Å². The number of benzene rings is 6. The maximum atomic E-state index is 11.5. The zero-order valence-electron chi connectivity index (χ0n) is 36.4. The summed E-state index contributed by atoms with van der Waals surface area (Å²) in [5, 5.41) is 28.2. The first-order valence-corrected chi connectivity index (χ1v) is 25.4. The number of aliphatic imine (C=N–C) groups is 1. The van der Waals surface area contributed by atoms with Gasteiger partial charge in [-0.15, -0.1) is 5.54 Å². The quantitative estimate of drug-likeness (QED) is 0.128. The Morgan fingerprint density at radius 3 is 1.31 bits per heavy atom. The first-order chi connectivity index (χ1) is 29.9. The minimum Gasteiger partial charge on any atom is -0.398 e. The van der Waals surface area contributed by atoms with Crippen molar-refractivity contribution in [1.29, 1.82) is 10.5 Å². The number of fused-ring (bicyclic) bond motifs is 1. The zero-order valence-corrected chi connectivity index (χ0v) is 38.4. The highest BCUT2D eigenvalue weighted by Crippen LogP contribution is 2.59. The van der Waals surface area contributed by atoms with Gasteiger partial charge in [0.15, 0.2) is 13.5 Å². The molecule has 1 heterocycles. The Labute approximate surface area is 369 Å². The summed E-state index contributed by atoms with van der Waals surface area (Å²) < 4.78 is 0. The van der Waals surface area contributed by atoms with Crippen molar-refractivity contribution in [3.05, 3.63) is 215 Å². The highest BCUT2D eigenvalue weighted by Gasteiger charge is 2.60. The fourth-order valence-electron chi connectivity index (χ4n) is 10.5. The van der Waals surface area contributed by atoms with Crippen molar-refractivity contribution in [3.8, 4) is 23.6 Å². The molecular weight excluding hydrogens is 785 g/mol. The summed E-state index contributed by atoms with van der Waals surface area (Å²) in [4.78, 5) is 5.67. The second-order valence-electron chi connectivity index (χ2n) is 18.5. The number of nitrogens with two attached hydrogens (primary N) is 1. The van der Waals surface area contributed by atoms with Crippen LogP contribution in [0.15, 0.2) is 209 Å². The Balaban J connectivity index is 1.61. The van der Waals surface area contributed by atoms with Crippen LogP contribution in [0.5, 0.6) is 0 Å². The van der Waals surface area contributed by atoms with Gasteiger partial charge in [0.1, 0.15) is 6.04 Å². The Hall–Kier alpha value is -6.76. The van der Waals surface area contributed by atoms with Crippen LogP contribution in [0.3, 0.4) is 0 Å². The van der Waals surface area contributed by atoms with E-state index in [1.165, 1.54) is 20.7 Å². The van der Waals surface area contributed by atoms with Crippen molar-refractivity contribution < 1.29 is 0 Å². The molecule has 4 nitrogen and oxygen atoms in total. The molecule has 62 heavy (non-hydrogen) atoms. The molecule has 1 aliphatic heterocycles. The number of allylic oxidation sites excluding steroid dienone is 3. The number of hydrogen-bond donors (Lipinski definition) is 1. The Bertz CT molecular complexity index is 2740. The Morgan fingerprint density at radius 2 is 0.919 bits per heavy atom. The van der Waals surface area contributed by atoms with E-state index in [4.69, 9.17) is 10.7 Å². The van der Waals surface area contributed by atoms with E-state index in [1.54, 1.807) is 0 Å². The third-order valence-electron chi connectivity index (χ3n) is 13.2. The molecule has 6 heteroatoms. The van der Waals surface area contributed by atoms with E-state index >= 15 is 0 Å². The molecule has 1 aliphatic carbocycles. The Morgan fingerprint density at radius 1 is 0.532 bits per heavy atom. The maximum Gasteiger partial charge on any atom is 0.204 e. The van der Waals surface area contributed by atoms with Gasteiger partial charge in [0.25, 0.3) is 0 Å². The lowest BCUT2D eigenvalue weighted by molar-refractivity contribution is 0.362. The van der Waals surface area contributed by atoms with Crippen LogP contribution in [-0.2, 0) is 0 Å². The van der Waals surface area contributed by atoms with Gasteiger partial charge in [-0.25, -0.2) is 0 Å². The summed E-state index contributed by atoms with van der Waals surface area (Å²) in [5.74, 6) is 3.30. The van der Waals surface area contributed by atoms with Crippen LogP contribution >= 0.6 is 0 Å². The molecule has 0 saturated carbocycles. The van der Waals surface area contributed by atoms with Crippen molar-refractivity contribution >= 4 is 42.6 Å². The summed E-state index contributed by atoms with van der Waals surface area (Å²) in [6.45, 7) is 14.0. The number of nitrogens with zero attached hydrogens (tertiary/aromatic N) is 3. The molecule has 8 rings (SSSR count). The molecule has 0 aromatic heterocycles. The SMILES string of the molecule is CC(C)(C)[Si](C#CC1=C([Si](c2ccccc2)(c2ccccc2)C(C)(C)C)C(N)=C2C1=N[C@@H](c1ccccc1)C(C#N)(C#N)[C@@H]2c1ccccc1)(c1ccccc1)c1ccccc1. The normalized spacial score (nSPS) is 17.5. The first-order valence-electron chi connectivity index (χ1n) is 21.4. The lowest BCUT2D eigenvalue weighted by Gasteiger charge is -2.46. The largest absolute Gasteiger partial charge is 0.398 e. The van der Waals surface area contributed by atoms with Crippen LogP contribution in [0, 0.1) is 39.5 Å². The third kappa shape index (κ3) is 6.52. The highest BCUT2D eigenvalue weighted by atomic mass is 28.3. The van der Waals surface area contributed by atoms with E-state index in [0.717, 1.165) is 21.9 Å². The summed E-state index contributed by atoms with van der Waals surface area (Å²) in [6.07, 6.45) is 0. The molecular formula is C56H52N4Si2. The maximum absolute atomic E-state index is 11.5. The van der Waals surface area contributed by atoms with Crippen LogP contribution in [0.2, 0.25) is 10.1 Å². The van der Waals surface area contributed by atoms with Gasteiger partial charge in [-0.2, -0.15) is 10.5 Å².